The Labute approximate surface area is 153 Å². The molecule has 1 aromatic heterocycles. The number of rotatable bonds is 7. The molecule has 3 heterocycles. The Bertz CT molecular complexity index is 572. The molecule has 140 valence electrons. The lowest BCUT2D eigenvalue weighted by Gasteiger charge is -2.47. The lowest BCUT2D eigenvalue weighted by atomic mass is 9.72. The van der Waals surface area contributed by atoms with Gasteiger partial charge in [0.05, 0.1) is 18.9 Å². The van der Waals surface area contributed by atoms with E-state index in [-0.39, 0.29) is 11.3 Å². The number of hydrogen-bond donors (Lipinski definition) is 0. The zero-order chi connectivity index (χ0) is 17.7. The van der Waals surface area contributed by atoms with Crippen LogP contribution in [-0.4, -0.2) is 72.0 Å². The Balaban J connectivity index is 1.51. The van der Waals surface area contributed by atoms with Gasteiger partial charge in [0, 0.05) is 26.6 Å². The molecule has 1 aromatic rings. The molecule has 25 heavy (non-hydrogen) atoms. The van der Waals surface area contributed by atoms with Crippen LogP contribution in [0.1, 0.15) is 37.4 Å². The van der Waals surface area contributed by atoms with E-state index < -0.39 is 0 Å². The molecule has 0 saturated carbocycles. The summed E-state index contributed by atoms with van der Waals surface area (Å²) in [7, 11) is 1.69. The molecule has 0 radical (unpaired) electrons. The fraction of sp³-hybridized carbons (Fsp3) is 0.824. The van der Waals surface area contributed by atoms with Gasteiger partial charge in [0.15, 0.2) is 5.82 Å². The first-order valence-corrected chi connectivity index (χ1v) is 10.3. The van der Waals surface area contributed by atoms with Crippen molar-refractivity contribution >= 4 is 17.7 Å². The Hall–Kier alpha value is -1.12. The molecule has 0 aromatic carbocycles. The molecule has 0 bridgehead atoms. The molecular formula is C17H28N4O3S. The fourth-order valence-electron chi connectivity index (χ4n) is 3.83. The highest BCUT2D eigenvalue weighted by Gasteiger charge is 2.40. The highest BCUT2D eigenvalue weighted by molar-refractivity contribution is 7.97. The van der Waals surface area contributed by atoms with Gasteiger partial charge in [-0.25, -0.2) is 0 Å². The number of amides is 1. The molecular weight excluding hydrogens is 340 g/mol. The third-order valence-corrected chi connectivity index (χ3v) is 5.92. The van der Waals surface area contributed by atoms with E-state index in [4.69, 9.17) is 9.26 Å². The van der Waals surface area contributed by atoms with Gasteiger partial charge in [0.1, 0.15) is 0 Å². The molecule has 1 amide bonds. The van der Waals surface area contributed by atoms with E-state index >= 15 is 0 Å². The lowest BCUT2D eigenvalue weighted by molar-refractivity contribution is -0.140. The van der Waals surface area contributed by atoms with Crippen molar-refractivity contribution in [1.82, 2.24) is 19.9 Å². The summed E-state index contributed by atoms with van der Waals surface area (Å²) in [6.07, 6.45) is 5.96. The highest BCUT2D eigenvalue weighted by Crippen LogP contribution is 2.40. The second kappa shape index (κ2) is 8.51. The molecule has 3 rings (SSSR count). The van der Waals surface area contributed by atoms with E-state index in [1.165, 1.54) is 0 Å². The zero-order valence-corrected chi connectivity index (χ0v) is 16.0. The van der Waals surface area contributed by atoms with E-state index in [1.807, 2.05) is 11.2 Å². The predicted octanol–water partition coefficient (Wildman–Crippen LogP) is 1.78. The minimum Gasteiger partial charge on any atom is -0.383 e. The summed E-state index contributed by atoms with van der Waals surface area (Å²) in [5.74, 6) is 2.55. The smallest absolute Gasteiger partial charge is 0.240 e. The third kappa shape index (κ3) is 4.74. The molecule has 0 aliphatic carbocycles. The van der Waals surface area contributed by atoms with Gasteiger partial charge in [0.25, 0.3) is 0 Å². The van der Waals surface area contributed by atoms with Crippen molar-refractivity contribution in [3.05, 3.63) is 11.7 Å². The van der Waals surface area contributed by atoms with E-state index in [9.17, 15) is 4.79 Å². The van der Waals surface area contributed by atoms with Crippen molar-refractivity contribution in [2.45, 2.75) is 38.0 Å². The van der Waals surface area contributed by atoms with Crippen LogP contribution in [0, 0.1) is 5.41 Å². The summed E-state index contributed by atoms with van der Waals surface area (Å²) in [6.45, 7) is 4.97. The van der Waals surface area contributed by atoms with E-state index in [0.29, 0.717) is 25.5 Å². The van der Waals surface area contributed by atoms with Crippen LogP contribution >= 0.6 is 11.8 Å². The first-order valence-electron chi connectivity index (χ1n) is 8.94. The number of methoxy groups -OCH3 is 1. The van der Waals surface area contributed by atoms with Gasteiger partial charge in [-0.15, -0.1) is 0 Å². The summed E-state index contributed by atoms with van der Waals surface area (Å²) < 4.78 is 10.5. The largest absolute Gasteiger partial charge is 0.383 e. The second-order valence-electron chi connectivity index (χ2n) is 7.12. The van der Waals surface area contributed by atoms with Crippen LogP contribution < -0.4 is 0 Å². The van der Waals surface area contributed by atoms with Crippen molar-refractivity contribution in [1.29, 1.82) is 0 Å². The van der Waals surface area contributed by atoms with Crippen molar-refractivity contribution < 1.29 is 14.1 Å². The number of hydrogen-bond acceptors (Lipinski definition) is 7. The topological polar surface area (TPSA) is 71.7 Å². The number of ether oxygens (including phenoxy) is 1. The number of carbonyl (C=O) groups is 1. The average molecular weight is 369 g/mol. The third-order valence-electron chi connectivity index (χ3n) is 5.37. The van der Waals surface area contributed by atoms with Gasteiger partial charge in [-0.05, 0) is 44.0 Å². The predicted molar refractivity (Wildman–Crippen MR) is 96.2 cm³/mol. The van der Waals surface area contributed by atoms with Crippen LogP contribution in [-0.2, 0) is 21.8 Å². The molecule has 0 atom stereocenters. The van der Waals surface area contributed by atoms with Crippen LogP contribution in [0.25, 0.3) is 0 Å². The van der Waals surface area contributed by atoms with Gasteiger partial charge >= 0.3 is 0 Å². The van der Waals surface area contributed by atoms with Gasteiger partial charge in [-0.1, -0.05) is 5.16 Å². The molecule has 0 N–H and O–H groups in total. The van der Waals surface area contributed by atoms with Crippen LogP contribution in [0.2, 0.25) is 0 Å². The molecule has 2 fully saturated rings. The summed E-state index contributed by atoms with van der Waals surface area (Å²) in [5.41, 5.74) is 0.275. The monoisotopic (exact) mass is 368 g/mol. The first kappa shape index (κ1) is 18.7. The summed E-state index contributed by atoms with van der Waals surface area (Å²) >= 11 is 1.69. The minimum atomic E-state index is 0.275. The maximum atomic E-state index is 12.1. The van der Waals surface area contributed by atoms with Gasteiger partial charge in [-0.3, -0.25) is 9.69 Å². The maximum absolute atomic E-state index is 12.1. The summed E-state index contributed by atoms with van der Waals surface area (Å²) in [4.78, 5) is 20.9. The standard InChI is InChI=1S/C17H28N4O3S/c1-23-10-9-21-13-17(4-3-16(21)22)5-7-20(8-6-17)11-15-18-14(12-25-2)19-24-15/h3-13H2,1-2H3. The molecule has 1 spiro atoms. The van der Waals surface area contributed by atoms with Crippen molar-refractivity contribution in [2.24, 2.45) is 5.41 Å². The van der Waals surface area contributed by atoms with E-state index in [2.05, 4.69) is 15.0 Å². The average Bonchev–Trinajstić information content (AvgIpc) is 3.05. The van der Waals surface area contributed by atoms with Crippen LogP contribution in [0.4, 0.5) is 0 Å². The zero-order valence-electron chi connectivity index (χ0n) is 15.2. The molecule has 2 aliphatic rings. The normalized spacial score (nSPS) is 21.2. The number of likely N-dealkylation sites (tertiary alicyclic amines) is 2. The highest BCUT2D eigenvalue weighted by atomic mass is 32.2. The van der Waals surface area contributed by atoms with Gasteiger partial charge in [-0.2, -0.15) is 16.7 Å². The Kier molecular flexibility index (Phi) is 6.35. The Morgan fingerprint density at radius 2 is 2.12 bits per heavy atom. The van der Waals surface area contributed by atoms with E-state index in [0.717, 1.165) is 57.0 Å². The number of aromatic nitrogens is 2. The van der Waals surface area contributed by atoms with Crippen molar-refractivity contribution in [3.8, 4) is 0 Å². The summed E-state index contributed by atoms with van der Waals surface area (Å²) in [6, 6.07) is 0. The number of piperidine rings is 2. The van der Waals surface area contributed by atoms with Gasteiger partial charge < -0.3 is 14.2 Å². The van der Waals surface area contributed by atoms with Crippen molar-refractivity contribution in [3.63, 3.8) is 0 Å². The molecule has 2 saturated heterocycles. The number of carbonyl (C=O) groups excluding carboxylic acids is 1. The molecule has 2 aliphatic heterocycles. The molecule has 0 unspecified atom stereocenters. The number of thioether (sulfide) groups is 1. The molecule has 8 heteroatoms. The Morgan fingerprint density at radius 3 is 2.84 bits per heavy atom. The number of nitrogens with zero attached hydrogens (tertiary/aromatic N) is 4. The second-order valence-corrected chi connectivity index (χ2v) is 7.99. The molecule has 7 nitrogen and oxygen atoms in total. The minimum absolute atomic E-state index is 0.275. The van der Waals surface area contributed by atoms with E-state index in [1.54, 1.807) is 18.9 Å². The Morgan fingerprint density at radius 1 is 1.32 bits per heavy atom. The SMILES string of the molecule is COCCN1CC2(CCC1=O)CCN(Cc1nc(CSC)no1)CC2. The van der Waals surface area contributed by atoms with Gasteiger partial charge in [0.2, 0.25) is 11.8 Å². The fourth-order valence-corrected chi connectivity index (χ4v) is 4.21. The van der Waals surface area contributed by atoms with Crippen LogP contribution in [0.5, 0.6) is 0 Å². The quantitative estimate of drug-likeness (QED) is 0.726. The van der Waals surface area contributed by atoms with Crippen molar-refractivity contribution in [2.75, 3.05) is 46.2 Å². The maximum Gasteiger partial charge on any atom is 0.240 e. The van der Waals surface area contributed by atoms with Crippen LogP contribution in [0.3, 0.4) is 0 Å². The van der Waals surface area contributed by atoms with Crippen LogP contribution in [0.15, 0.2) is 4.52 Å². The first-order chi connectivity index (χ1) is 12.1. The summed E-state index contributed by atoms with van der Waals surface area (Å²) in [5, 5.41) is 4.01. The lowest BCUT2D eigenvalue weighted by Crippen LogP contribution is -2.52.